The maximum absolute atomic E-state index is 12.3. The van der Waals surface area contributed by atoms with Crippen molar-refractivity contribution in [2.24, 2.45) is 5.92 Å². The molecule has 23 heavy (non-hydrogen) atoms. The first-order valence-corrected chi connectivity index (χ1v) is 7.72. The van der Waals surface area contributed by atoms with Gasteiger partial charge in [-0.25, -0.2) is 4.79 Å². The number of hydrogen-bond donors (Lipinski definition) is 2. The number of carbonyl (C=O) groups is 2. The highest BCUT2D eigenvalue weighted by Gasteiger charge is 2.28. The van der Waals surface area contributed by atoms with Crippen LogP contribution in [0.4, 0.5) is 10.5 Å². The predicted molar refractivity (Wildman–Crippen MR) is 89.5 cm³/mol. The van der Waals surface area contributed by atoms with Crippen LogP contribution in [0, 0.1) is 5.92 Å². The van der Waals surface area contributed by atoms with Crippen molar-refractivity contribution in [3.63, 3.8) is 0 Å². The van der Waals surface area contributed by atoms with Crippen LogP contribution in [0.3, 0.4) is 0 Å². The summed E-state index contributed by atoms with van der Waals surface area (Å²) >= 11 is 0. The topological polar surface area (TPSA) is 70.7 Å². The number of carbonyl (C=O) groups excluding carboxylic acids is 2. The van der Waals surface area contributed by atoms with E-state index in [9.17, 15) is 9.59 Å². The molecule has 1 fully saturated rings. The average molecular weight is 317 g/mol. The molecule has 0 spiro atoms. The van der Waals surface area contributed by atoms with Crippen LogP contribution in [0.25, 0.3) is 0 Å². The summed E-state index contributed by atoms with van der Waals surface area (Å²) in [5.74, 6) is 0.553. The highest BCUT2D eigenvalue weighted by molar-refractivity contribution is 5.90. The van der Waals surface area contributed by atoms with Gasteiger partial charge < -0.3 is 20.3 Å². The van der Waals surface area contributed by atoms with E-state index in [4.69, 9.17) is 4.74 Å². The van der Waals surface area contributed by atoms with E-state index in [1.807, 2.05) is 0 Å². The van der Waals surface area contributed by atoms with Gasteiger partial charge in [0.15, 0.2) is 0 Å². The Kier molecular flexibility index (Phi) is 6.02. The molecule has 0 aliphatic carbocycles. The minimum atomic E-state index is -0.184. The minimum Gasteiger partial charge on any atom is -0.497 e. The number of methoxy groups -OCH3 is 1. The molecule has 0 saturated carbocycles. The molecule has 0 radical (unpaired) electrons. The van der Waals surface area contributed by atoms with Gasteiger partial charge in [-0.2, -0.15) is 0 Å². The summed E-state index contributed by atoms with van der Waals surface area (Å²) in [6.07, 6.45) is 3.27. The highest BCUT2D eigenvalue weighted by atomic mass is 16.5. The quantitative estimate of drug-likeness (QED) is 0.818. The molecule has 1 saturated heterocycles. The van der Waals surface area contributed by atoms with Crippen molar-refractivity contribution in [3.05, 3.63) is 36.9 Å². The van der Waals surface area contributed by atoms with Gasteiger partial charge in [0, 0.05) is 25.3 Å². The van der Waals surface area contributed by atoms with Crippen molar-refractivity contribution < 1.29 is 14.3 Å². The number of benzene rings is 1. The fourth-order valence-corrected chi connectivity index (χ4v) is 2.57. The van der Waals surface area contributed by atoms with E-state index in [1.54, 1.807) is 42.4 Å². The van der Waals surface area contributed by atoms with Crippen LogP contribution in [0.5, 0.6) is 5.75 Å². The fraction of sp³-hybridized carbons (Fsp3) is 0.412. The molecule has 1 aromatic carbocycles. The lowest BCUT2D eigenvalue weighted by Gasteiger charge is -2.32. The number of urea groups is 1. The first kappa shape index (κ1) is 16.9. The third kappa shape index (κ3) is 4.74. The third-order valence-electron chi connectivity index (χ3n) is 3.84. The molecular formula is C17H23N3O3. The number of anilines is 1. The molecule has 124 valence electrons. The van der Waals surface area contributed by atoms with Crippen LogP contribution < -0.4 is 15.4 Å². The van der Waals surface area contributed by atoms with Crippen molar-refractivity contribution in [1.29, 1.82) is 0 Å². The Hall–Kier alpha value is -2.50. The summed E-state index contributed by atoms with van der Waals surface area (Å²) in [5, 5.41) is 5.64. The van der Waals surface area contributed by atoms with Crippen molar-refractivity contribution in [2.75, 3.05) is 32.1 Å². The SMILES string of the molecule is C=CCNC(=O)[C@H]1CCCN(C(=O)Nc2ccc(OC)cc2)C1. The molecule has 1 heterocycles. The van der Waals surface area contributed by atoms with Gasteiger partial charge in [-0.05, 0) is 37.1 Å². The van der Waals surface area contributed by atoms with Gasteiger partial charge in [-0.15, -0.1) is 6.58 Å². The molecule has 1 aliphatic heterocycles. The number of amides is 3. The Morgan fingerprint density at radius 3 is 2.78 bits per heavy atom. The Morgan fingerprint density at radius 1 is 1.39 bits per heavy atom. The number of piperidine rings is 1. The summed E-state index contributed by atoms with van der Waals surface area (Å²) in [6.45, 7) is 5.13. The first-order chi connectivity index (χ1) is 11.1. The summed E-state index contributed by atoms with van der Waals surface area (Å²) in [6, 6.07) is 6.97. The summed E-state index contributed by atoms with van der Waals surface area (Å²) in [4.78, 5) is 26.0. The lowest BCUT2D eigenvalue weighted by atomic mass is 9.97. The molecule has 2 rings (SSSR count). The van der Waals surface area contributed by atoms with Crippen LogP contribution in [0.1, 0.15) is 12.8 Å². The number of nitrogens with one attached hydrogen (secondary N) is 2. The molecule has 0 unspecified atom stereocenters. The highest BCUT2D eigenvalue weighted by Crippen LogP contribution is 2.19. The second kappa shape index (κ2) is 8.22. The van der Waals surface area contributed by atoms with Gasteiger partial charge in [0.25, 0.3) is 0 Å². The molecule has 1 aliphatic rings. The molecular weight excluding hydrogens is 294 g/mol. The van der Waals surface area contributed by atoms with Gasteiger partial charge in [0.05, 0.1) is 13.0 Å². The number of hydrogen-bond acceptors (Lipinski definition) is 3. The van der Waals surface area contributed by atoms with Gasteiger partial charge in [0.1, 0.15) is 5.75 Å². The van der Waals surface area contributed by atoms with E-state index in [0.29, 0.717) is 25.3 Å². The lowest BCUT2D eigenvalue weighted by Crippen LogP contribution is -2.46. The Morgan fingerprint density at radius 2 is 2.13 bits per heavy atom. The monoisotopic (exact) mass is 317 g/mol. The average Bonchev–Trinajstić information content (AvgIpc) is 2.60. The number of rotatable bonds is 5. The first-order valence-electron chi connectivity index (χ1n) is 7.72. The maximum atomic E-state index is 12.3. The summed E-state index contributed by atoms with van der Waals surface area (Å²) in [5.41, 5.74) is 0.703. The van der Waals surface area contributed by atoms with Crippen molar-refractivity contribution >= 4 is 17.6 Å². The van der Waals surface area contributed by atoms with Gasteiger partial charge in [-0.1, -0.05) is 6.08 Å². The minimum absolute atomic E-state index is 0.0214. The van der Waals surface area contributed by atoms with E-state index >= 15 is 0 Å². The lowest BCUT2D eigenvalue weighted by molar-refractivity contribution is -0.126. The van der Waals surface area contributed by atoms with Gasteiger partial charge in [0.2, 0.25) is 5.91 Å². The van der Waals surface area contributed by atoms with Crippen LogP contribution in [-0.2, 0) is 4.79 Å². The predicted octanol–water partition coefficient (Wildman–Crippen LogP) is 2.24. The molecule has 1 aromatic rings. The standard InChI is InChI=1S/C17H23N3O3/c1-3-10-18-16(21)13-5-4-11-20(12-13)17(22)19-14-6-8-15(23-2)9-7-14/h3,6-9,13H,1,4-5,10-12H2,2H3,(H,18,21)(H,19,22)/t13-/m0/s1. The number of likely N-dealkylation sites (tertiary alicyclic amines) is 1. The molecule has 0 aromatic heterocycles. The van der Waals surface area contributed by atoms with E-state index in [2.05, 4.69) is 17.2 Å². The molecule has 0 bridgehead atoms. The second-order valence-corrected chi connectivity index (χ2v) is 5.48. The van der Waals surface area contributed by atoms with E-state index in [1.165, 1.54) is 0 Å². The van der Waals surface area contributed by atoms with E-state index in [0.717, 1.165) is 18.6 Å². The van der Waals surface area contributed by atoms with Crippen LogP contribution in [0.2, 0.25) is 0 Å². The van der Waals surface area contributed by atoms with Crippen molar-refractivity contribution in [3.8, 4) is 5.75 Å². The van der Waals surface area contributed by atoms with Crippen LogP contribution in [0.15, 0.2) is 36.9 Å². The molecule has 1 atom stereocenters. The zero-order chi connectivity index (χ0) is 16.7. The Labute approximate surface area is 136 Å². The normalized spacial score (nSPS) is 17.3. The zero-order valence-corrected chi connectivity index (χ0v) is 13.4. The largest absolute Gasteiger partial charge is 0.497 e. The van der Waals surface area contributed by atoms with Crippen LogP contribution in [-0.4, -0.2) is 43.6 Å². The van der Waals surface area contributed by atoms with E-state index in [-0.39, 0.29) is 17.9 Å². The Bertz CT molecular complexity index is 557. The van der Waals surface area contributed by atoms with Gasteiger partial charge in [-0.3, -0.25) is 4.79 Å². The van der Waals surface area contributed by atoms with Crippen LogP contribution >= 0.6 is 0 Å². The van der Waals surface area contributed by atoms with Crippen molar-refractivity contribution in [1.82, 2.24) is 10.2 Å². The van der Waals surface area contributed by atoms with E-state index < -0.39 is 0 Å². The molecule has 2 N–H and O–H groups in total. The molecule has 6 nitrogen and oxygen atoms in total. The fourth-order valence-electron chi connectivity index (χ4n) is 2.57. The molecule has 3 amide bonds. The summed E-state index contributed by atoms with van der Waals surface area (Å²) < 4.78 is 5.09. The zero-order valence-electron chi connectivity index (χ0n) is 13.4. The number of ether oxygens (including phenoxy) is 1. The number of nitrogens with zero attached hydrogens (tertiary/aromatic N) is 1. The third-order valence-corrected chi connectivity index (χ3v) is 3.84. The molecule has 6 heteroatoms. The smallest absolute Gasteiger partial charge is 0.321 e. The summed E-state index contributed by atoms with van der Waals surface area (Å²) in [7, 11) is 1.60. The second-order valence-electron chi connectivity index (χ2n) is 5.48. The van der Waals surface area contributed by atoms with Gasteiger partial charge >= 0.3 is 6.03 Å². The van der Waals surface area contributed by atoms with Crippen molar-refractivity contribution in [2.45, 2.75) is 12.8 Å². The Balaban J connectivity index is 1.90. The maximum Gasteiger partial charge on any atom is 0.321 e.